The van der Waals surface area contributed by atoms with Crippen molar-refractivity contribution in [1.29, 1.82) is 0 Å². The molecule has 0 spiro atoms. The van der Waals surface area contributed by atoms with Gasteiger partial charge in [-0.2, -0.15) is 0 Å². The van der Waals surface area contributed by atoms with Crippen molar-refractivity contribution in [3.05, 3.63) is 0 Å². The summed E-state index contributed by atoms with van der Waals surface area (Å²) in [6, 6.07) is -0.255. The molecule has 0 unspecified atom stereocenters. The Balaban J connectivity index is 3.72. The van der Waals surface area contributed by atoms with Gasteiger partial charge in [0.2, 0.25) is 0 Å². The zero-order valence-electron chi connectivity index (χ0n) is 6.35. The molecule has 0 aromatic heterocycles. The molecular weight excluding hydrogens is 114 g/mol. The van der Waals surface area contributed by atoms with Crippen molar-refractivity contribution in [2.24, 2.45) is 11.7 Å². The molecule has 2 heteroatoms. The maximum atomic E-state index is 10.6. The van der Waals surface area contributed by atoms with Crippen LogP contribution in [0.3, 0.4) is 0 Å². The monoisotopic (exact) mass is 129 g/mol. The third-order valence-corrected chi connectivity index (χ3v) is 1.73. The normalized spacial score (nSPS) is 16.9. The molecule has 0 radical (unpaired) electrons. The van der Waals surface area contributed by atoms with Crippen LogP contribution in [-0.2, 0) is 4.79 Å². The average Bonchev–Trinajstić information content (AvgIpc) is 1.84. The van der Waals surface area contributed by atoms with Gasteiger partial charge in [0.15, 0.2) is 0 Å². The number of nitrogens with two attached hydrogens (primary N) is 1. The van der Waals surface area contributed by atoms with E-state index in [1.54, 1.807) is 0 Å². The van der Waals surface area contributed by atoms with Crippen molar-refractivity contribution in [1.82, 2.24) is 0 Å². The van der Waals surface area contributed by atoms with Crippen LogP contribution in [0.15, 0.2) is 0 Å². The Bertz CT molecular complexity index is 101. The summed E-state index contributed by atoms with van der Waals surface area (Å²) >= 11 is 0. The number of ketones is 1. The highest BCUT2D eigenvalue weighted by Crippen LogP contribution is 2.04. The van der Waals surface area contributed by atoms with Gasteiger partial charge in [0.1, 0.15) is 5.78 Å². The van der Waals surface area contributed by atoms with Gasteiger partial charge in [-0.15, -0.1) is 0 Å². The van der Waals surface area contributed by atoms with Gasteiger partial charge in [-0.25, -0.2) is 0 Å². The largest absolute Gasteiger partial charge is 0.321 e. The predicted octanol–water partition coefficient (Wildman–Crippen LogP) is 0.949. The Kier molecular flexibility index (Phi) is 3.47. The molecule has 2 N–H and O–H groups in total. The number of hydrogen-bond acceptors (Lipinski definition) is 2. The summed E-state index contributed by atoms with van der Waals surface area (Å²) in [4.78, 5) is 10.6. The fraction of sp³-hybridized carbons (Fsp3) is 0.857. The van der Waals surface area contributed by atoms with E-state index >= 15 is 0 Å². The highest BCUT2D eigenvalue weighted by molar-refractivity contribution is 5.81. The first-order chi connectivity index (χ1) is 4.09. The van der Waals surface area contributed by atoms with Gasteiger partial charge in [0.25, 0.3) is 0 Å². The summed E-state index contributed by atoms with van der Waals surface area (Å²) in [6.07, 6.45) is 0.973. The van der Waals surface area contributed by atoms with Gasteiger partial charge >= 0.3 is 0 Å². The van der Waals surface area contributed by atoms with Crippen LogP contribution in [0.2, 0.25) is 0 Å². The van der Waals surface area contributed by atoms with Crippen molar-refractivity contribution in [3.8, 4) is 0 Å². The molecule has 0 aromatic carbocycles. The number of carbonyl (C=O) groups excluding carboxylic acids is 1. The molecule has 0 saturated heterocycles. The summed E-state index contributed by atoms with van der Waals surface area (Å²) in [5, 5.41) is 0. The second-order valence-electron chi connectivity index (χ2n) is 2.52. The first kappa shape index (κ1) is 8.63. The maximum absolute atomic E-state index is 10.6. The van der Waals surface area contributed by atoms with Crippen molar-refractivity contribution in [3.63, 3.8) is 0 Å². The molecule has 0 fully saturated rings. The van der Waals surface area contributed by atoms with E-state index in [0.717, 1.165) is 6.42 Å². The first-order valence-electron chi connectivity index (χ1n) is 3.35. The minimum atomic E-state index is -0.255. The van der Waals surface area contributed by atoms with E-state index < -0.39 is 0 Å². The lowest BCUT2D eigenvalue weighted by molar-refractivity contribution is -0.119. The Morgan fingerprint density at radius 3 is 2.22 bits per heavy atom. The van der Waals surface area contributed by atoms with Gasteiger partial charge in [-0.3, -0.25) is 4.79 Å². The lowest BCUT2D eigenvalue weighted by atomic mass is 9.97. The molecule has 0 aromatic rings. The highest BCUT2D eigenvalue weighted by atomic mass is 16.1. The Morgan fingerprint density at radius 2 is 2.11 bits per heavy atom. The molecule has 2 nitrogen and oxygen atoms in total. The van der Waals surface area contributed by atoms with Crippen LogP contribution in [0.5, 0.6) is 0 Å². The van der Waals surface area contributed by atoms with Crippen LogP contribution < -0.4 is 5.73 Å². The second kappa shape index (κ2) is 3.62. The molecule has 0 aliphatic rings. The van der Waals surface area contributed by atoms with Gasteiger partial charge in [0, 0.05) is 0 Å². The minimum Gasteiger partial charge on any atom is -0.321 e. The third-order valence-electron chi connectivity index (χ3n) is 1.73. The average molecular weight is 129 g/mol. The lowest BCUT2D eigenvalue weighted by Gasteiger charge is -2.13. The second-order valence-corrected chi connectivity index (χ2v) is 2.52. The fourth-order valence-electron chi connectivity index (χ4n) is 0.655. The molecule has 9 heavy (non-hydrogen) atoms. The Morgan fingerprint density at radius 1 is 1.67 bits per heavy atom. The molecule has 0 heterocycles. The maximum Gasteiger partial charge on any atom is 0.146 e. The predicted molar refractivity (Wildman–Crippen MR) is 38.1 cm³/mol. The number of Topliss-reactive ketones (excluding diaryl/α,β-unsaturated/α-hetero) is 1. The van der Waals surface area contributed by atoms with Gasteiger partial charge in [-0.05, 0) is 12.8 Å². The van der Waals surface area contributed by atoms with Crippen LogP contribution in [-0.4, -0.2) is 11.8 Å². The Labute approximate surface area is 56.4 Å². The van der Waals surface area contributed by atoms with Crippen molar-refractivity contribution < 1.29 is 4.79 Å². The van der Waals surface area contributed by atoms with E-state index in [0.29, 0.717) is 5.92 Å². The molecular formula is C7H15NO. The van der Waals surface area contributed by atoms with Crippen molar-refractivity contribution in [2.75, 3.05) is 0 Å². The van der Waals surface area contributed by atoms with Crippen LogP contribution in [0.25, 0.3) is 0 Å². The van der Waals surface area contributed by atoms with Gasteiger partial charge in [-0.1, -0.05) is 20.3 Å². The third kappa shape index (κ3) is 2.61. The fourth-order valence-corrected chi connectivity index (χ4v) is 0.655. The van der Waals surface area contributed by atoms with E-state index in [4.69, 9.17) is 5.73 Å². The zero-order chi connectivity index (χ0) is 7.44. The summed E-state index contributed by atoms with van der Waals surface area (Å²) < 4.78 is 0. The lowest BCUT2D eigenvalue weighted by Crippen LogP contribution is -2.34. The van der Waals surface area contributed by atoms with Gasteiger partial charge in [0.05, 0.1) is 6.04 Å². The molecule has 0 saturated carbocycles. The van der Waals surface area contributed by atoms with Crippen LogP contribution in [0.1, 0.15) is 27.2 Å². The molecule has 2 atom stereocenters. The van der Waals surface area contributed by atoms with E-state index in [1.165, 1.54) is 6.92 Å². The molecule has 54 valence electrons. The number of rotatable bonds is 3. The van der Waals surface area contributed by atoms with Crippen LogP contribution in [0, 0.1) is 5.92 Å². The molecule has 0 amide bonds. The highest BCUT2D eigenvalue weighted by Gasteiger charge is 2.14. The van der Waals surface area contributed by atoms with Crippen LogP contribution in [0.4, 0.5) is 0 Å². The van der Waals surface area contributed by atoms with Crippen LogP contribution >= 0.6 is 0 Å². The smallest absolute Gasteiger partial charge is 0.146 e. The molecule has 0 aliphatic heterocycles. The summed E-state index contributed by atoms with van der Waals surface area (Å²) in [5.41, 5.74) is 5.52. The molecule has 0 bridgehead atoms. The van der Waals surface area contributed by atoms with Crippen molar-refractivity contribution >= 4 is 5.78 Å². The summed E-state index contributed by atoms with van der Waals surface area (Å²) in [7, 11) is 0. The minimum absolute atomic E-state index is 0.0874. The SMILES string of the molecule is CC[C@H](C)[C@H](N)C(C)=O. The van der Waals surface area contributed by atoms with E-state index in [1.807, 2.05) is 13.8 Å². The van der Waals surface area contributed by atoms with Gasteiger partial charge < -0.3 is 5.73 Å². The summed E-state index contributed by atoms with van der Waals surface area (Å²) in [6.45, 7) is 5.57. The van der Waals surface area contributed by atoms with Crippen molar-refractivity contribution in [2.45, 2.75) is 33.2 Å². The quantitative estimate of drug-likeness (QED) is 0.616. The standard InChI is InChI=1S/C7H15NO/c1-4-5(2)7(8)6(3)9/h5,7H,4,8H2,1-3H3/t5-,7-/m0/s1. The van der Waals surface area contributed by atoms with E-state index in [2.05, 4.69) is 0 Å². The zero-order valence-corrected chi connectivity index (χ0v) is 6.35. The summed E-state index contributed by atoms with van der Waals surface area (Å²) in [5.74, 6) is 0.409. The Hall–Kier alpha value is -0.370. The number of hydrogen-bond donors (Lipinski definition) is 1. The van der Waals surface area contributed by atoms with E-state index in [9.17, 15) is 4.79 Å². The first-order valence-corrected chi connectivity index (χ1v) is 3.35. The molecule has 0 rings (SSSR count). The topological polar surface area (TPSA) is 43.1 Å². The number of carbonyl (C=O) groups is 1. The molecule has 0 aliphatic carbocycles. The van der Waals surface area contributed by atoms with E-state index in [-0.39, 0.29) is 11.8 Å².